The minimum Gasteiger partial charge on any atom is -0.491 e. The van der Waals surface area contributed by atoms with Gasteiger partial charge in [0.15, 0.2) is 0 Å². The van der Waals surface area contributed by atoms with Crippen LogP contribution in [0.5, 0.6) is 5.75 Å². The van der Waals surface area contributed by atoms with Gasteiger partial charge in [-0.1, -0.05) is 13.0 Å². The van der Waals surface area contributed by atoms with Crippen molar-refractivity contribution in [2.45, 2.75) is 39.2 Å². The fourth-order valence-electron chi connectivity index (χ4n) is 3.56. The highest BCUT2D eigenvalue weighted by Gasteiger charge is 2.22. The summed E-state index contributed by atoms with van der Waals surface area (Å²) in [5.41, 5.74) is 1.23. The average molecular weight is 345 g/mol. The summed E-state index contributed by atoms with van der Waals surface area (Å²) in [6.45, 7) is 11.2. The number of rotatable bonds is 6. The van der Waals surface area contributed by atoms with Gasteiger partial charge in [0.2, 0.25) is 0 Å². The van der Waals surface area contributed by atoms with Crippen molar-refractivity contribution in [3.8, 4) is 5.75 Å². The van der Waals surface area contributed by atoms with E-state index in [0.29, 0.717) is 0 Å². The summed E-state index contributed by atoms with van der Waals surface area (Å²) >= 11 is 0. The van der Waals surface area contributed by atoms with Crippen LogP contribution in [0.15, 0.2) is 24.3 Å². The summed E-state index contributed by atoms with van der Waals surface area (Å²) in [6.07, 6.45) is 3.84. The molecule has 3 rings (SSSR count). The van der Waals surface area contributed by atoms with Crippen LogP contribution in [0.25, 0.3) is 0 Å². The van der Waals surface area contributed by atoms with E-state index in [9.17, 15) is 0 Å². The second kappa shape index (κ2) is 8.56. The molecule has 1 unspecified atom stereocenters. The maximum atomic E-state index is 8.40. The van der Waals surface area contributed by atoms with Gasteiger partial charge in [-0.3, -0.25) is 10.3 Å². The van der Waals surface area contributed by atoms with E-state index in [-0.39, 0.29) is 6.10 Å². The van der Waals surface area contributed by atoms with E-state index in [4.69, 9.17) is 10.1 Å². The molecule has 5 nitrogen and oxygen atoms in total. The third-order valence-electron chi connectivity index (χ3n) is 5.33. The molecule has 0 amide bonds. The van der Waals surface area contributed by atoms with Gasteiger partial charge in [-0.05, 0) is 51.4 Å². The van der Waals surface area contributed by atoms with Crippen LogP contribution < -0.4 is 9.64 Å². The molecule has 0 spiro atoms. The largest absolute Gasteiger partial charge is 0.491 e. The van der Waals surface area contributed by atoms with Crippen LogP contribution in [0.2, 0.25) is 0 Å². The van der Waals surface area contributed by atoms with E-state index >= 15 is 0 Å². The van der Waals surface area contributed by atoms with Crippen molar-refractivity contribution >= 4 is 11.5 Å². The molecule has 25 heavy (non-hydrogen) atoms. The zero-order chi connectivity index (χ0) is 17.6. The lowest BCUT2D eigenvalue weighted by Gasteiger charge is -2.38. The van der Waals surface area contributed by atoms with Crippen molar-refractivity contribution in [1.29, 1.82) is 5.41 Å². The van der Waals surface area contributed by atoms with Crippen LogP contribution in [0.1, 0.15) is 33.1 Å². The number of hydrogen-bond acceptors (Lipinski definition) is 4. The third kappa shape index (κ3) is 4.88. The molecule has 5 heteroatoms. The Bertz CT molecular complexity index is 563. The Morgan fingerprint density at radius 3 is 2.52 bits per heavy atom. The SMILES string of the molecule is CCC(C)Oc1cccc(N2CCN(C(=N)CN3CCCC3)CC2)c1. The molecular weight excluding hydrogens is 312 g/mol. The molecule has 1 aromatic rings. The van der Waals surface area contributed by atoms with E-state index in [2.05, 4.69) is 46.7 Å². The molecule has 0 aliphatic carbocycles. The summed E-state index contributed by atoms with van der Waals surface area (Å²) in [5.74, 6) is 1.74. The Kier molecular flexibility index (Phi) is 6.19. The molecule has 2 saturated heterocycles. The molecule has 0 aromatic heterocycles. The number of anilines is 1. The molecule has 138 valence electrons. The van der Waals surface area contributed by atoms with Crippen molar-refractivity contribution < 1.29 is 4.74 Å². The van der Waals surface area contributed by atoms with Crippen molar-refractivity contribution in [1.82, 2.24) is 9.80 Å². The second-order valence-electron chi connectivity index (χ2n) is 7.24. The normalized spacial score (nSPS) is 19.9. The molecule has 0 radical (unpaired) electrons. The zero-order valence-electron chi connectivity index (χ0n) is 15.7. The van der Waals surface area contributed by atoms with E-state index in [1.54, 1.807) is 0 Å². The fraction of sp³-hybridized carbons (Fsp3) is 0.650. The van der Waals surface area contributed by atoms with Crippen molar-refractivity contribution in [3.63, 3.8) is 0 Å². The number of piperazine rings is 1. The Morgan fingerprint density at radius 1 is 1.12 bits per heavy atom. The van der Waals surface area contributed by atoms with Gasteiger partial charge in [0.1, 0.15) is 11.6 Å². The van der Waals surface area contributed by atoms with Gasteiger partial charge < -0.3 is 14.5 Å². The van der Waals surface area contributed by atoms with E-state index in [1.807, 2.05) is 6.07 Å². The highest BCUT2D eigenvalue weighted by atomic mass is 16.5. The lowest BCUT2D eigenvalue weighted by Crippen LogP contribution is -2.50. The van der Waals surface area contributed by atoms with Gasteiger partial charge >= 0.3 is 0 Å². The third-order valence-corrected chi connectivity index (χ3v) is 5.33. The Morgan fingerprint density at radius 2 is 1.84 bits per heavy atom. The van der Waals surface area contributed by atoms with Gasteiger partial charge in [0.25, 0.3) is 0 Å². The van der Waals surface area contributed by atoms with Crippen LogP contribution in [-0.4, -0.2) is 67.6 Å². The molecule has 1 atom stereocenters. The number of benzene rings is 1. The molecule has 2 aliphatic heterocycles. The van der Waals surface area contributed by atoms with E-state index < -0.39 is 0 Å². The highest BCUT2D eigenvalue weighted by molar-refractivity contribution is 5.81. The molecule has 1 N–H and O–H groups in total. The van der Waals surface area contributed by atoms with Crippen molar-refractivity contribution in [2.75, 3.05) is 50.7 Å². The molecular formula is C20H32N4O. The smallest absolute Gasteiger partial charge is 0.121 e. The number of likely N-dealkylation sites (tertiary alicyclic amines) is 1. The molecule has 1 aromatic carbocycles. The number of ether oxygens (including phenoxy) is 1. The second-order valence-corrected chi connectivity index (χ2v) is 7.24. The standard InChI is InChI=1S/C20H32N4O/c1-3-17(2)25-19-8-6-7-18(15-19)23-11-13-24(14-12-23)20(21)16-22-9-4-5-10-22/h6-8,15,17,21H,3-5,9-14,16H2,1-2H3. The quantitative estimate of drug-likeness (QED) is 0.636. The van der Waals surface area contributed by atoms with Crippen LogP contribution >= 0.6 is 0 Å². The first-order valence-electron chi connectivity index (χ1n) is 9.72. The van der Waals surface area contributed by atoms with Gasteiger partial charge in [-0.2, -0.15) is 0 Å². The first kappa shape index (κ1) is 18.1. The Labute approximate surface area is 152 Å². The molecule has 0 saturated carbocycles. The maximum absolute atomic E-state index is 8.40. The summed E-state index contributed by atoms with van der Waals surface area (Å²) < 4.78 is 5.95. The van der Waals surface area contributed by atoms with Gasteiger partial charge in [0.05, 0.1) is 12.6 Å². The fourth-order valence-corrected chi connectivity index (χ4v) is 3.56. The van der Waals surface area contributed by atoms with Crippen LogP contribution in [0.4, 0.5) is 5.69 Å². The lowest BCUT2D eigenvalue weighted by molar-refractivity contribution is 0.217. The first-order valence-corrected chi connectivity index (χ1v) is 9.72. The Hall–Kier alpha value is -1.75. The molecule has 2 aliphatic rings. The summed E-state index contributed by atoms with van der Waals surface area (Å²) in [6, 6.07) is 8.43. The van der Waals surface area contributed by atoms with Crippen molar-refractivity contribution in [3.05, 3.63) is 24.3 Å². The number of amidine groups is 1. The summed E-state index contributed by atoms with van der Waals surface area (Å²) in [4.78, 5) is 7.06. The minimum absolute atomic E-state index is 0.248. The topological polar surface area (TPSA) is 42.8 Å². The van der Waals surface area contributed by atoms with Gasteiger partial charge in [0, 0.05) is 37.9 Å². The van der Waals surface area contributed by atoms with Crippen LogP contribution in [-0.2, 0) is 0 Å². The summed E-state index contributed by atoms with van der Waals surface area (Å²) in [5, 5.41) is 8.40. The Balaban J connectivity index is 1.51. The maximum Gasteiger partial charge on any atom is 0.121 e. The summed E-state index contributed by atoms with van der Waals surface area (Å²) in [7, 11) is 0. The van der Waals surface area contributed by atoms with Gasteiger partial charge in [-0.25, -0.2) is 0 Å². The van der Waals surface area contributed by atoms with Crippen molar-refractivity contribution in [2.24, 2.45) is 0 Å². The predicted molar refractivity (Wildman–Crippen MR) is 104 cm³/mol. The van der Waals surface area contributed by atoms with Crippen LogP contribution in [0, 0.1) is 5.41 Å². The monoisotopic (exact) mass is 344 g/mol. The lowest BCUT2D eigenvalue weighted by atomic mass is 10.2. The van der Waals surface area contributed by atoms with Crippen LogP contribution in [0.3, 0.4) is 0 Å². The first-order chi connectivity index (χ1) is 12.2. The highest BCUT2D eigenvalue weighted by Crippen LogP contribution is 2.23. The molecule has 0 bridgehead atoms. The van der Waals surface area contributed by atoms with Gasteiger partial charge in [-0.15, -0.1) is 0 Å². The zero-order valence-corrected chi connectivity index (χ0v) is 15.7. The number of nitrogens with zero attached hydrogens (tertiary/aromatic N) is 3. The minimum atomic E-state index is 0.248. The predicted octanol–water partition coefficient (Wildman–Crippen LogP) is 3.06. The number of nitrogens with one attached hydrogen (secondary N) is 1. The average Bonchev–Trinajstić information content (AvgIpc) is 3.15. The molecule has 2 heterocycles. The molecule has 2 fully saturated rings. The van der Waals surface area contributed by atoms with E-state index in [1.165, 1.54) is 18.5 Å². The number of hydrogen-bond donors (Lipinski definition) is 1. The van der Waals surface area contributed by atoms with E-state index in [0.717, 1.165) is 63.8 Å².